The minimum Gasteiger partial charge on any atom is -0.433 e. The summed E-state index contributed by atoms with van der Waals surface area (Å²) < 4.78 is 29.4. The fourth-order valence-electron chi connectivity index (χ4n) is 3.15. The molecule has 112 valence electrons. The van der Waals surface area contributed by atoms with Gasteiger partial charge in [0.1, 0.15) is 5.75 Å². The lowest BCUT2D eigenvalue weighted by Crippen LogP contribution is -2.37. The number of nitrogens with one attached hydrogen (secondary N) is 1. The minimum absolute atomic E-state index is 0.222. The standard InChI is InChI=1S/C16H23F2NO/c1-11-10-16(2,3)9-8-12(11)19-13-6-4-5-7-14(13)20-15(17)18/h4-7,11-12,15,19H,8-10H2,1-3H3. The number of hydrogen-bond donors (Lipinski definition) is 1. The van der Waals surface area contributed by atoms with Crippen molar-refractivity contribution in [3.63, 3.8) is 0 Å². The minimum atomic E-state index is -2.79. The summed E-state index contributed by atoms with van der Waals surface area (Å²) >= 11 is 0. The van der Waals surface area contributed by atoms with Gasteiger partial charge in [-0.1, -0.05) is 32.9 Å². The Bertz CT molecular complexity index is 448. The van der Waals surface area contributed by atoms with Crippen LogP contribution in [0.4, 0.5) is 14.5 Å². The van der Waals surface area contributed by atoms with Crippen molar-refractivity contribution in [3.8, 4) is 5.75 Å². The van der Waals surface area contributed by atoms with Gasteiger partial charge in [-0.25, -0.2) is 0 Å². The van der Waals surface area contributed by atoms with Crippen LogP contribution < -0.4 is 10.1 Å². The number of benzene rings is 1. The van der Waals surface area contributed by atoms with Crippen molar-refractivity contribution in [1.82, 2.24) is 0 Å². The van der Waals surface area contributed by atoms with Gasteiger partial charge in [0.05, 0.1) is 5.69 Å². The van der Waals surface area contributed by atoms with E-state index in [1.54, 1.807) is 18.2 Å². The van der Waals surface area contributed by atoms with Crippen LogP contribution in [0.5, 0.6) is 5.75 Å². The Labute approximate surface area is 119 Å². The van der Waals surface area contributed by atoms with Crippen LogP contribution in [0.2, 0.25) is 0 Å². The number of hydrogen-bond acceptors (Lipinski definition) is 2. The topological polar surface area (TPSA) is 21.3 Å². The Kier molecular flexibility index (Phi) is 4.51. The Morgan fingerprint density at radius 2 is 2.00 bits per heavy atom. The van der Waals surface area contributed by atoms with Crippen molar-refractivity contribution < 1.29 is 13.5 Å². The molecule has 1 aromatic rings. The Balaban J connectivity index is 2.07. The molecule has 0 aromatic heterocycles. The molecule has 1 aromatic carbocycles. The van der Waals surface area contributed by atoms with Gasteiger partial charge in [-0.2, -0.15) is 8.78 Å². The third kappa shape index (κ3) is 3.84. The maximum absolute atomic E-state index is 12.4. The number of rotatable bonds is 4. The van der Waals surface area contributed by atoms with Crippen molar-refractivity contribution >= 4 is 5.69 Å². The molecule has 1 aliphatic rings. The summed E-state index contributed by atoms with van der Waals surface area (Å²) in [6.07, 6.45) is 3.34. The highest BCUT2D eigenvalue weighted by molar-refractivity contribution is 5.56. The molecule has 20 heavy (non-hydrogen) atoms. The zero-order valence-corrected chi connectivity index (χ0v) is 12.3. The van der Waals surface area contributed by atoms with Crippen molar-refractivity contribution in [2.45, 2.75) is 52.7 Å². The van der Waals surface area contributed by atoms with Gasteiger partial charge < -0.3 is 10.1 Å². The molecule has 0 aliphatic heterocycles. The van der Waals surface area contributed by atoms with E-state index in [-0.39, 0.29) is 5.75 Å². The first kappa shape index (κ1) is 15.1. The number of halogens is 2. The second-order valence-corrected chi connectivity index (χ2v) is 6.51. The van der Waals surface area contributed by atoms with Gasteiger partial charge in [-0.15, -0.1) is 0 Å². The van der Waals surface area contributed by atoms with Crippen molar-refractivity contribution in [2.75, 3.05) is 5.32 Å². The molecular formula is C16H23F2NO. The van der Waals surface area contributed by atoms with E-state index in [1.807, 2.05) is 6.07 Å². The highest BCUT2D eigenvalue weighted by Gasteiger charge is 2.32. The predicted octanol–water partition coefficient (Wildman–Crippen LogP) is 4.91. The van der Waals surface area contributed by atoms with Gasteiger partial charge >= 0.3 is 6.61 Å². The van der Waals surface area contributed by atoms with Crippen LogP contribution in [0.15, 0.2) is 24.3 Å². The summed E-state index contributed by atoms with van der Waals surface area (Å²) in [4.78, 5) is 0. The van der Waals surface area contributed by atoms with Crippen molar-refractivity contribution in [2.24, 2.45) is 11.3 Å². The molecule has 0 amide bonds. The van der Waals surface area contributed by atoms with Gasteiger partial charge in [0.15, 0.2) is 0 Å². The van der Waals surface area contributed by atoms with Crippen LogP contribution in [0.3, 0.4) is 0 Å². The fraction of sp³-hybridized carbons (Fsp3) is 0.625. The SMILES string of the molecule is CC1CC(C)(C)CCC1Nc1ccccc1OC(F)F. The maximum atomic E-state index is 12.4. The first-order valence-corrected chi connectivity index (χ1v) is 7.18. The molecule has 0 radical (unpaired) electrons. The molecule has 2 unspecified atom stereocenters. The maximum Gasteiger partial charge on any atom is 0.387 e. The summed E-state index contributed by atoms with van der Waals surface area (Å²) in [6.45, 7) is 4.00. The van der Waals surface area contributed by atoms with Crippen molar-refractivity contribution in [1.29, 1.82) is 0 Å². The number of anilines is 1. The van der Waals surface area contributed by atoms with E-state index in [9.17, 15) is 8.78 Å². The van der Waals surface area contributed by atoms with Gasteiger partial charge in [-0.3, -0.25) is 0 Å². The lowest BCUT2D eigenvalue weighted by Gasteiger charge is -2.40. The van der Waals surface area contributed by atoms with Gasteiger partial charge in [0.2, 0.25) is 0 Å². The van der Waals surface area contributed by atoms with Gasteiger partial charge in [-0.05, 0) is 42.7 Å². The van der Waals surface area contributed by atoms with Crippen LogP contribution in [0.25, 0.3) is 0 Å². The third-order valence-electron chi connectivity index (χ3n) is 4.14. The molecule has 2 atom stereocenters. The molecule has 1 saturated carbocycles. The quantitative estimate of drug-likeness (QED) is 0.847. The van der Waals surface area contributed by atoms with E-state index >= 15 is 0 Å². The van der Waals surface area contributed by atoms with E-state index in [4.69, 9.17) is 0 Å². The molecule has 2 rings (SSSR count). The normalized spacial score (nSPS) is 25.5. The summed E-state index contributed by atoms with van der Waals surface area (Å²) in [6, 6.07) is 7.22. The Morgan fingerprint density at radius 3 is 2.65 bits per heavy atom. The number of para-hydroxylation sites is 2. The van der Waals surface area contributed by atoms with Crippen LogP contribution in [-0.4, -0.2) is 12.7 Å². The lowest BCUT2D eigenvalue weighted by molar-refractivity contribution is -0.0494. The van der Waals surface area contributed by atoms with E-state index in [0.717, 1.165) is 19.3 Å². The number of ether oxygens (including phenoxy) is 1. The highest BCUT2D eigenvalue weighted by Crippen LogP contribution is 2.40. The highest BCUT2D eigenvalue weighted by atomic mass is 19.3. The summed E-state index contributed by atoms with van der Waals surface area (Å²) in [5.41, 5.74) is 1.03. The summed E-state index contributed by atoms with van der Waals surface area (Å²) in [5.74, 6) is 0.734. The van der Waals surface area contributed by atoms with Gasteiger partial charge in [0.25, 0.3) is 0 Å². The summed E-state index contributed by atoms with van der Waals surface area (Å²) in [7, 11) is 0. The monoisotopic (exact) mass is 283 g/mol. The molecular weight excluding hydrogens is 260 g/mol. The molecule has 1 aliphatic carbocycles. The Hall–Kier alpha value is -1.32. The smallest absolute Gasteiger partial charge is 0.387 e. The zero-order valence-electron chi connectivity index (χ0n) is 12.3. The average Bonchev–Trinajstić information content (AvgIpc) is 2.33. The Morgan fingerprint density at radius 1 is 1.30 bits per heavy atom. The zero-order chi connectivity index (χ0) is 14.8. The van der Waals surface area contributed by atoms with Crippen LogP contribution >= 0.6 is 0 Å². The summed E-state index contributed by atoms with van der Waals surface area (Å²) in [5, 5.41) is 3.38. The first-order valence-electron chi connectivity index (χ1n) is 7.18. The molecule has 1 fully saturated rings. The van der Waals surface area contributed by atoms with Crippen LogP contribution in [0, 0.1) is 11.3 Å². The molecule has 0 saturated heterocycles. The number of alkyl halides is 2. The van der Waals surface area contributed by atoms with Crippen LogP contribution in [0.1, 0.15) is 40.0 Å². The van der Waals surface area contributed by atoms with E-state index in [0.29, 0.717) is 23.1 Å². The van der Waals surface area contributed by atoms with Crippen LogP contribution in [-0.2, 0) is 0 Å². The molecule has 1 N–H and O–H groups in total. The van der Waals surface area contributed by atoms with E-state index in [1.165, 1.54) is 0 Å². The molecule has 0 bridgehead atoms. The second kappa shape index (κ2) is 5.98. The second-order valence-electron chi connectivity index (χ2n) is 6.51. The third-order valence-corrected chi connectivity index (χ3v) is 4.14. The lowest BCUT2D eigenvalue weighted by atomic mass is 9.70. The average molecular weight is 283 g/mol. The molecule has 4 heteroatoms. The van der Waals surface area contributed by atoms with E-state index in [2.05, 4.69) is 30.8 Å². The predicted molar refractivity (Wildman–Crippen MR) is 77.3 cm³/mol. The molecule has 2 nitrogen and oxygen atoms in total. The fourth-order valence-corrected chi connectivity index (χ4v) is 3.15. The van der Waals surface area contributed by atoms with E-state index < -0.39 is 6.61 Å². The van der Waals surface area contributed by atoms with Gasteiger partial charge in [0, 0.05) is 6.04 Å². The molecule has 0 spiro atoms. The largest absolute Gasteiger partial charge is 0.433 e. The first-order chi connectivity index (χ1) is 9.37. The van der Waals surface area contributed by atoms with Crippen molar-refractivity contribution in [3.05, 3.63) is 24.3 Å². The molecule has 0 heterocycles.